The molecule has 1 aliphatic carbocycles. The van der Waals surface area contributed by atoms with Gasteiger partial charge in [0.15, 0.2) is 0 Å². The highest BCUT2D eigenvalue weighted by molar-refractivity contribution is 7.92. The summed E-state index contributed by atoms with van der Waals surface area (Å²) >= 11 is 0. The highest BCUT2D eigenvalue weighted by Crippen LogP contribution is 2.24. The summed E-state index contributed by atoms with van der Waals surface area (Å²) in [5.74, 6) is 0.271. The molecule has 2 fully saturated rings. The van der Waals surface area contributed by atoms with Crippen molar-refractivity contribution < 1.29 is 22.7 Å². The third-order valence-corrected chi connectivity index (χ3v) is 7.15. The summed E-state index contributed by atoms with van der Waals surface area (Å²) in [6.45, 7) is 1.02. The van der Waals surface area contributed by atoms with Gasteiger partial charge in [0.2, 0.25) is 5.91 Å². The van der Waals surface area contributed by atoms with Crippen molar-refractivity contribution in [2.24, 2.45) is 5.92 Å². The highest BCUT2D eigenvalue weighted by atomic mass is 32.2. The minimum atomic E-state index is -3.76. The van der Waals surface area contributed by atoms with Crippen molar-refractivity contribution in [2.45, 2.75) is 36.6 Å². The van der Waals surface area contributed by atoms with Gasteiger partial charge in [0.25, 0.3) is 15.9 Å². The number of nitrogens with zero attached hydrogens (tertiary/aromatic N) is 1. The first-order valence-electron chi connectivity index (χ1n) is 10.7. The van der Waals surface area contributed by atoms with E-state index in [0.717, 1.165) is 25.7 Å². The van der Waals surface area contributed by atoms with Crippen molar-refractivity contribution in [2.75, 3.05) is 24.9 Å². The first-order valence-corrected chi connectivity index (χ1v) is 12.2. The van der Waals surface area contributed by atoms with Gasteiger partial charge in [-0.25, -0.2) is 8.42 Å². The number of ether oxygens (including phenoxy) is 1. The van der Waals surface area contributed by atoms with Gasteiger partial charge < -0.3 is 15.0 Å². The van der Waals surface area contributed by atoms with E-state index in [2.05, 4.69) is 10.0 Å². The van der Waals surface area contributed by atoms with Crippen LogP contribution in [0.5, 0.6) is 5.75 Å². The lowest BCUT2D eigenvalue weighted by Gasteiger charge is -2.32. The molecule has 32 heavy (non-hydrogen) atoms. The zero-order valence-electron chi connectivity index (χ0n) is 17.9. The Morgan fingerprint density at radius 3 is 2.31 bits per heavy atom. The predicted octanol–water partition coefficient (Wildman–Crippen LogP) is 2.63. The summed E-state index contributed by atoms with van der Waals surface area (Å²) in [6, 6.07) is 12.7. The molecule has 0 unspecified atom stereocenters. The molecule has 0 spiro atoms. The van der Waals surface area contributed by atoms with E-state index in [4.69, 9.17) is 4.74 Å². The zero-order chi connectivity index (χ0) is 22.7. The number of hydrogen-bond acceptors (Lipinski definition) is 5. The van der Waals surface area contributed by atoms with Crippen LogP contribution in [0.1, 0.15) is 36.0 Å². The molecule has 170 valence electrons. The summed E-state index contributed by atoms with van der Waals surface area (Å²) in [7, 11) is -2.25. The Hall–Kier alpha value is -3.07. The molecule has 0 bridgehead atoms. The van der Waals surface area contributed by atoms with Crippen LogP contribution in [0.25, 0.3) is 0 Å². The van der Waals surface area contributed by atoms with Crippen molar-refractivity contribution in [1.82, 2.24) is 10.2 Å². The summed E-state index contributed by atoms with van der Waals surface area (Å²) < 4.78 is 32.7. The van der Waals surface area contributed by atoms with Gasteiger partial charge in [0.05, 0.1) is 17.9 Å². The Morgan fingerprint density at radius 2 is 1.69 bits per heavy atom. The molecule has 1 heterocycles. The van der Waals surface area contributed by atoms with Crippen LogP contribution in [0.15, 0.2) is 53.4 Å². The fourth-order valence-corrected chi connectivity index (χ4v) is 4.81. The van der Waals surface area contributed by atoms with Gasteiger partial charge in [-0.3, -0.25) is 14.3 Å². The first kappa shape index (κ1) is 22.1. The standard InChI is InChI=1S/C23H27N3O5S/c1-31-20-10-12-21(13-11-20)32(29,30)25-19-6-4-16(5-7-19)23(28)26-14-2-3-17(15-26)22(27)24-18-8-9-18/h4-7,10-13,17-18,25H,2-3,8-9,14-15H2,1H3,(H,24,27)/t17-/m0/s1. The number of nitrogens with one attached hydrogen (secondary N) is 2. The van der Waals surface area contributed by atoms with Gasteiger partial charge in [-0.2, -0.15) is 0 Å². The van der Waals surface area contributed by atoms with E-state index in [1.165, 1.54) is 19.2 Å². The Kier molecular flexibility index (Phi) is 6.36. The fraction of sp³-hybridized carbons (Fsp3) is 0.391. The van der Waals surface area contributed by atoms with Gasteiger partial charge in [0.1, 0.15) is 5.75 Å². The summed E-state index contributed by atoms with van der Waals surface area (Å²) in [4.78, 5) is 27.1. The Morgan fingerprint density at radius 1 is 1.00 bits per heavy atom. The first-order chi connectivity index (χ1) is 15.4. The molecule has 2 aliphatic rings. The van der Waals surface area contributed by atoms with E-state index < -0.39 is 10.0 Å². The summed E-state index contributed by atoms with van der Waals surface area (Å²) in [5.41, 5.74) is 0.818. The van der Waals surface area contributed by atoms with Crippen molar-refractivity contribution in [3.63, 3.8) is 0 Å². The lowest BCUT2D eigenvalue weighted by Crippen LogP contribution is -2.45. The number of sulfonamides is 1. The van der Waals surface area contributed by atoms with Crippen molar-refractivity contribution in [3.05, 3.63) is 54.1 Å². The van der Waals surface area contributed by atoms with E-state index in [1.54, 1.807) is 41.3 Å². The van der Waals surface area contributed by atoms with E-state index in [9.17, 15) is 18.0 Å². The number of benzene rings is 2. The topological polar surface area (TPSA) is 105 Å². The molecule has 2 amide bonds. The van der Waals surface area contributed by atoms with E-state index in [-0.39, 0.29) is 22.6 Å². The summed E-state index contributed by atoms with van der Waals surface area (Å²) in [5, 5.41) is 3.02. The van der Waals surface area contributed by atoms with Gasteiger partial charge in [-0.15, -0.1) is 0 Å². The second-order valence-electron chi connectivity index (χ2n) is 8.23. The lowest BCUT2D eigenvalue weighted by atomic mass is 9.96. The third kappa shape index (κ3) is 5.21. The molecule has 8 nitrogen and oxygen atoms in total. The second kappa shape index (κ2) is 9.20. The Balaban J connectivity index is 1.39. The normalized spacial score (nSPS) is 18.7. The smallest absolute Gasteiger partial charge is 0.261 e. The largest absolute Gasteiger partial charge is 0.497 e. The maximum Gasteiger partial charge on any atom is 0.261 e. The minimum Gasteiger partial charge on any atom is -0.497 e. The van der Waals surface area contributed by atoms with Crippen molar-refractivity contribution in [3.8, 4) is 5.75 Å². The molecule has 1 saturated heterocycles. The van der Waals surface area contributed by atoms with Crippen LogP contribution in [-0.2, 0) is 14.8 Å². The van der Waals surface area contributed by atoms with Crippen LogP contribution in [-0.4, -0.2) is 51.4 Å². The molecule has 2 aromatic rings. The average Bonchev–Trinajstić information content (AvgIpc) is 3.63. The molecule has 2 aromatic carbocycles. The van der Waals surface area contributed by atoms with Crippen molar-refractivity contribution in [1.29, 1.82) is 0 Å². The number of rotatable bonds is 7. The SMILES string of the molecule is COc1ccc(S(=O)(=O)Nc2ccc(C(=O)N3CCC[C@H](C(=O)NC4CC4)C3)cc2)cc1. The van der Waals surface area contributed by atoms with Crippen LogP contribution < -0.4 is 14.8 Å². The Labute approximate surface area is 188 Å². The van der Waals surface area contributed by atoms with E-state index >= 15 is 0 Å². The number of methoxy groups -OCH3 is 1. The molecule has 4 rings (SSSR count). The van der Waals surface area contributed by atoms with Crippen LogP contribution in [0, 0.1) is 5.92 Å². The van der Waals surface area contributed by atoms with Crippen LogP contribution in [0.2, 0.25) is 0 Å². The predicted molar refractivity (Wildman–Crippen MR) is 120 cm³/mol. The monoisotopic (exact) mass is 457 g/mol. The number of carbonyl (C=O) groups excluding carboxylic acids is 2. The fourth-order valence-electron chi connectivity index (χ4n) is 3.75. The maximum atomic E-state index is 12.9. The lowest BCUT2D eigenvalue weighted by molar-refractivity contribution is -0.126. The maximum absolute atomic E-state index is 12.9. The second-order valence-corrected chi connectivity index (χ2v) is 9.91. The molecular weight excluding hydrogens is 430 g/mol. The van der Waals surface area contributed by atoms with E-state index in [1.807, 2.05) is 0 Å². The molecule has 1 aliphatic heterocycles. The quantitative estimate of drug-likeness (QED) is 0.665. The minimum absolute atomic E-state index is 0.0355. The Bertz CT molecular complexity index is 1080. The van der Waals surface area contributed by atoms with Gasteiger partial charge in [-0.05, 0) is 74.2 Å². The molecular formula is C23H27N3O5S. The van der Waals surface area contributed by atoms with Crippen LogP contribution >= 0.6 is 0 Å². The van der Waals surface area contributed by atoms with Crippen LogP contribution in [0.3, 0.4) is 0 Å². The number of likely N-dealkylation sites (tertiary alicyclic amines) is 1. The number of anilines is 1. The number of hydrogen-bond donors (Lipinski definition) is 2. The number of amides is 2. The average molecular weight is 458 g/mol. The third-order valence-electron chi connectivity index (χ3n) is 5.76. The molecule has 1 atom stereocenters. The van der Waals surface area contributed by atoms with Gasteiger partial charge >= 0.3 is 0 Å². The molecule has 9 heteroatoms. The summed E-state index contributed by atoms with van der Waals surface area (Å²) in [6.07, 6.45) is 3.65. The van der Waals surface area contributed by atoms with E-state index in [0.29, 0.717) is 36.1 Å². The van der Waals surface area contributed by atoms with Gasteiger partial charge in [-0.1, -0.05) is 0 Å². The molecule has 1 saturated carbocycles. The zero-order valence-corrected chi connectivity index (χ0v) is 18.7. The number of carbonyl (C=O) groups is 2. The highest BCUT2D eigenvalue weighted by Gasteiger charge is 2.32. The van der Waals surface area contributed by atoms with Gasteiger partial charge in [0, 0.05) is 30.4 Å². The number of piperidine rings is 1. The molecule has 2 N–H and O–H groups in total. The van der Waals surface area contributed by atoms with Crippen molar-refractivity contribution >= 4 is 27.5 Å². The molecule has 0 radical (unpaired) electrons. The molecule has 0 aromatic heterocycles. The van der Waals surface area contributed by atoms with Crippen LogP contribution in [0.4, 0.5) is 5.69 Å².